The molecule has 0 aliphatic heterocycles. The van der Waals surface area contributed by atoms with Crippen LogP contribution in [0.4, 0.5) is 5.69 Å². The zero-order valence-electron chi connectivity index (χ0n) is 12.6. The smallest absolute Gasteiger partial charge is 0.273 e. The molecule has 0 aliphatic rings. The largest absolute Gasteiger partial charge is 0.507 e. The molecule has 2 rings (SSSR count). The van der Waals surface area contributed by atoms with Gasteiger partial charge in [-0.25, -0.2) is 0 Å². The van der Waals surface area contributed by atoms with Gasteiger partial charge in [-0.3, -0.25) is 20.4 Å². The summed E-state index contributed by atoms with van der Waals surface area (Å²) in [5.74, 6) is -1.23. The molecule has 0 aliphatic carbocycles. The zero-order chi connectivity index (χ0) is 17.0. The number of carbonyl (C=O) groups is 2. The average Bonchev–Trinajstić information content (AvgIpc) is 2.52. The summed E-state index contributed by atoms with van der Waals surface area (Å²) in [4.78, 5) is 25.9. The number of nitrogens with one attached hydrogen (secondary N) is 2. The molecule has 0 radical (unpaired) electrons. The number of benzene rings is 2. The van der Waals surface area contributed by atoms with Crippen molar-refractivity contribution in [1.29, 1.82) is 0 Å². The summed E-state index contributed by atoms with van der Waals surface area (Å²) in [5.41, 5.74) is 5.95. The lowest BCUT2D eigenvalue weighted by Crippen LogP contribution is -2.41. The van der Waals surface area contributed by atoms with E-state index in [0.29, 0.717) is 10.0 Å². The van der Waals surface area contributed by atoms with Crippen molar-refractivity contribution in [2.75, 3.05) is 19.0 Å². The number of amides is 2. The molecule has 120 valence electrons. The second-order valence-electron chi connectivity index (χ2n) is 5.01. The molecule has 2 aromatic carbocycles. The first-order valence-corrected chi connectivity index (χ1v) is 7.54. The molecule has 3 N–H and O–H groups in total. The monoisotopic (exact) mass is 377 g/mol. The number of carbonyl (C=O) groups excluding carboxylic acids is 2. The zero-order valence-corrected chi connectivity index (χ0v) is 14.2. The van der Waals surface area contributed by atoms with Crippen LogP contribution in [0.2, 0.25) is 0 Å². The summed E-state index contributed by atoms with van der Waals surface area (Å²) < 4.78 is 0.649. The lowest BCUT2D eigenvalue weighted by Gasteiger charge is -2.14. The van der Waals surface area contributed by atoms with Crippen LogP contribution in [0.3, 0.4) is 0 Å². The highest BCUT2D eigenvalue weighted by molar-refractivity contribution is 9.10. The molecule has 0 spiro atoms. The number of anilines is 1. The number of nitrogens with zero attached hydrogens (tertiary/aromatic N) is 1. The maximum absolute atomic E-state index is 12.1. The maximum Gasteiger partial charge on any atom is 0.273 e. The first-order chi connectivity index (χ1) is 10.9. The quantitative estimate of drug-likeness (QED) is 0.716. The Morgan fingerprint density at radius 2 is 1.74 bits per heavy atom. The highest BCUT2D eigenvalue weighted by Gasteiger charge is 2.13. The molecule has 0 bridgehead atoms. The highest BCUT2D eigenvalue weighted by atomic mass is 79.9. The average molecular weight is 378 g/mol. The minimum absolute atomic E-state index is 0.0653. The number of hydrazine groups is 1. The van der Waals surface area contributed by atoms with Crippen molar-refractivity contribution >= 4 is 33.4 Å². The van der Waals surface area contributed by atoms with Crippen molar-refractivity contribution in [1.82, 2.24) is 10.9 Å². The van der Waals surface area contributed by atoms with E-state index in [9.17, 15) is 14.7 Å². The van der Waals surface area contributed by atoms with Crippen LogP contribution in [0.15, 0.2) is 46.9 Å². The molecule has 7 heteroatoms. The molecule has 2 aromatic rings. The molecule has 23 heavy (non-hydrogen) atoms. The van der Waals surface area contributed by atoms with Crippen molar-refractivity contribution in [3.63, 3.8) is 0 Å². The van der Waals surface area contributed by atoms with Gasteiger partial charge in [-0.05, 0) is 36.4 Å². The van der Waals surface area contributed by atoms with Crippen LogP contribution in [0, 0.1) is 0 Å². The van der Waals surface area contributed by atoms with E-state index < -0.39 is 11.8 Å². The lowest BCUT2D eigenvalue weighted by atomic mass is 10.2. The summed E-state index contributed by atoms with van der Waals surface area (Å²) >= 11 is 3.19. The molecule has 0 aromatic heterocycles. The van der Waals surface area contributed by atoms with Gasteiger partial charge in [0, 0.05) is 29.8 Å². The number of phenolic OH excluding ortho intramolecular Hbond substituents is 1. The standard InChI is InChI=1S/C16H16BrN3O3/c1-20(2)12-5-3-4-10(8-12)15(22)18-19-16(23)13-7-6-11(17)9-14(13)21/h3-9,21H,1-2H3,(H,18,22)(H,19,23). The van der Waals surface area contributed by atoms with Gasteiger partial charge >= 0.3 is 0 Å². The van der Waals surface area contributed by atoms with Gasteiger partial charge in [-0.1, -0.05) is 22.0 Å². The van der Waals surface area contributed by atoms with Gasteiger partial charge in [0.1, 0.15) is 5.75 Å². The number of hydrogen-bond acceptors (Lipinski definition) is 4. The molecule has 6 nitrogen and oxygen atoms in total. The molecular formula is C16H16BrN3O3. The molecule has 0 atom stereocenters. The Morgan fingerprint density at radius 1 is 1.04 bits per heavy atom. The summed E-state index contributed by atoms with van der Waals surface area (Å²) in [5, 5.41) is 9.73. The van der Waals surface area contributed by atoms with Gasteiger partial charge < -0.3 is 10.0 Å². The van der Waals surface area contributed by atoms with Crippen LogP contribution < -0.4 is 15.8 Å². The fourth-order valence-corrected chi connectivity index (χ4v) is 2.22. The Balaban J connectivity index is 2.04. The molecule has 0 heterocycles. The Morgan fingerprint density at radius 3 is 2.39 bits per heavy atom. The van der Waals surface area contributed by atoms with Gasteiger partial charge in [0.2, 0.25) is 0 Å². The first kappa shape index (κ1) is 16.8. The number of aromatic hydroxyl groups is 1. The van der Waals surface area contributed by atoms with Crippen LogP contribution in [0.5, 0.6) is 5.75 Å². The lowest BCUT2D eigenvalue weighted by molar-refractivity contribution is 0.0845. The Labute approximate surface area is 142 Å². The topological polar surface area (TPSA) is 81.7 Å². The van der Waals surface area contributed by atoms with Crippen LogP contribution in [-0.4, -0.2) is 31.0 Å². The molecule has 0 saturated heterocycles. The molecular weight excluding hydrogens is 362 g/mol. The number of hydrogen-bond donors (Lipinski definition) is 3. The highest BCUT2D eigenvalue weighted by Crippen LogP contribution is 2.22. The van der Waals surface area contributed by atoms with Crippen molar-refractivity contribution in [2.24, 2.45) is 0 Å². The van der Waals surface area contributed by atoms with Crippen LogP contribution in [0.25, 0.3) is 0 Å². The molecule has 0 saturated carbocycles. The fraction of sp³-hybridized carbons (Fsp3) is 0.125. The predicted octanol–water partition coefficient (Wildman–Crippen LogP) is 2.30. The Kier molecular flexibility index (Phi) is 5.23. The molecule has 0 unspecified atom stereocenters. The fourth-order valence-electron chi connectivity index (χ4n) is 1.88. The van der Waals surface area contributed by atoms with E-state index in [4.69, 9.17) is 0 Å². The summed E-state index contributed by atoms with van der Waals surface area (Å²) in [6.07, 6.45) is 0. The third-order valence-corrected chi connectivity index (χ3v) is 3.61. The van der Waals surface area contributed by atoms with Gasteiger partial charge in [-0.2, -0.15) is 0 Å². The summed E-state index contributed by atoms with van der Waals surface area (Å²) in [7, 11) is 3.74. The van der Waals surface area contributed by atoms with Gasteiger partial charge in [0.25, 0.3) is 11.8 Å². The number of rotatable bonds is 3. The van der Waals surface area contributed by atoms with Gasteiger partial charge in [-0.15, -0.1) is 0 Å². The summed E-state index contributed by atoms with van der Waals surface area (Å²) in [6, 6.07) is 11.5. The second kappa shape index (κ2) is 7.15. The van der Waals surface area contributed by atoms with E-state index in [0.717, 1.165) is 5.69 Å². The third kappa shape index (κ3) is 4.23. The van der Waals surface area contributed by atoms with E-state index in [1.165, 1.54) is 12.1 Å². The van der Waals surface area contributed by atoms with E-state index in [2.05, 4.69) is 26.8 Å². The number of halogens is 1. The SMILES string of the molecule is CN(C)c1cccc(C(=O)NNC(=O)c2ccc(Br)cc2O)c1. The third-order valence-electron chi connectivity index (χ3n) is 3.12. The van der Waals surface area contributed by atoms with E-state index in [-0.39, 0.29) is 11.3 Å². The van der Waals surface area contributed by atoms with Crippen molar-refractivity contribution in [2.45, 2.75) is 0 Å². The first-order valence-electron chi connectivity index (χ1n) is 6.75. The van der Waals surface area contributed by atoms with Gasteiger partial charge in [0.05, 0.1) is 5.56 Å². The van der Waals surface area contributed by atoms with E-state index in [1.54, 1.807) is 24.3 Å². The maximum atomic E-state index is 12.1. The molecule has 0 fully saturated rings. The van der Waals surface area contributed by atoms with E-state index >= 15 is 0 Å². The minimum atomic E-state index is -0.605. The normalized spacial score (nSPS) is 10.0. The Bertz CT molecular complexity index is 747. The van der Waals surface area contributed by atoms with Crippen molar-refractivity contribution < 1.29 is 14.7 Å². The number of phenols is 1. The Hall–Kier alpha value is -2.54. The summed E-state index contributed by atoms with van der Waals surface area (Å²) in [6.45, 7) is 0. The minimum Gasteiger partial charge on any atom is -0.507 e. The second-order valence-corrected chi connectivity index (χ2v) is 5.93. The van der Waals surface area contributed by atoms with Crippen molar-refractivity contribution in [3.05, 3.63) is 58.1 Å². The predicted molar refractivity (Wildman–Crippen MR) is 91.5 cm³/mol. The van der Waals surface area contributed by atoms with E-state index in [1.807, 2.05) is 25.1 Å². The van der Waals surface area contributed by atoms with Crippen LogP contribution in [-0.2, 0) is 0 Å². The molecule has 2 amide bonds. The van der Waals surface area contributed by atoms with Crippen LogP contribution >= 0.6 is 15.9 Å². The van der Waals surface area contributed by atoms with Crippen LogP contribution in [0.1, 0.15) is 20.7 Å². The van der Waals surface area contributed by atoms with Crippen molar-refractivity contribution in [3.8, 4) is 5.75 Å². The van der Waals surface area contributed by atoms with Gasteiger partial charge in [0.15, 0.2) is 0 Å².